The maximum Gasteiger partial charge on any atom is 0.408 e. The summed E-state index contributed by atoms with van der Waals surface area (Å²) in [7, 11) is 0. The highest BCUT2D eigenvalue weighted by Gasteiger charge is 2.25. The summed E-state index contributed by atoms with van der Waals surface area (Å²) in [5.41, 5.74) is 1.05. The highest BCUT2D eigenvalue weighted by Crippen LogP contribution is 2.15. The van der Waals surface area contributed by atoms with Gasteiger partial charge in [-0.05, 0) is 57.6 Å². The van der Waals surface area contributed by atoms with Crippen LogP contribution in [0.3, 0.4) is 0 Å². The van der Waals surface area contributed by atoms with Crippen LogP contribution in [-0.4, -0.2) is 47.9 Å². The van der Waals surface area contributed by atoms with Gasteiger partial charge in [0.2, 0.25) is 5.91 Å². The molecule has 0 saturated carbocycles. The number of hydrogen-bond acceptors (Lipinski definition) is 8. The Balaban J connectivity index is 1.62. The quantitative estimate of drug-likeness (QED) is 0.0876. The van der Waals surface area contributed by atoms with Gasteiger partial charge >= 0.3 is 18.0 Å². The Labute approximate surface area is 279 Å². The summed E-state index contributed by atoms with van der Waals surface area (Å²) in [6, 6.07) is 17.8. The fourth-order valence-electron chi connectivity index (χ4n) is 4.63. The molecule has 0 heterocycles. The van der Waals surface area contributed by atoms with E-state index in [1.165, 1.54) is 0 Å². The summed E-state index contributed by atoms with van der Waals surface area (Å²) in [6.07, 6.45) is 4.64. The first-order valence-electron chi connectivity index (χ1n) is 16.6. The maximum atomic E-state index is 12.9. The monoisotopic (exact) mass is 652 g/mol. The third-order valence-corrected chi connectivity index (χ3v) is 7.36. The lowest BCUT2D eigenvalue weighted by Gasteiger charge is -2.23. The van der Waals surface area contributed by atoms with E-state index in [0.717, 1.165) is 43.2 Å². The lowest BCUT2D eigenvalue weighted by molar-refractivity contribution is -0.146. The molecule has 2 aromatic rings. The van der Waals surface area contributed by atoms with Crippen molar-refractivity contribution in [3.05, 3.63) is 71.8 Å². The number of Topliss-reactive ketones (excluding diaryl/α,β-unsaturated/α-hetero) is 1. The number of rotatable bonds is 21. The number of ether oxygens (including phenoxy) is 3. The van der Waals surface area contributed by atoms with Gasteiger partial charge in [-0.3, -0.25) is 19.2 Å². The minimum absolute atomic E-state index is 0.0452. The average molecular weight is 653 g/mol. The molecule has 0 fully saturated rings. The largest absolute Gasteiger partial charge is 0.461 e. The number of hydrogen-bond donors (Lipinski definition) is 2. The van der Waals surface area contributed by atoms with Gasteiger partial charge in [0.1, 0.15) is 30.6 Å². The van der Waals surface area contributed by atoms with Crippen LogP contribution in [0.5, 0.6) is 0 Å². The smallest absolute Gasteiger partial charge is 0.408 e. The Morgan fingerprint density at radius 1 is 0.681 bits per heavy atom. The van der Waals surface area contributed by atoms with Crippen molar-refractivity contribution < 1.29 is 38.2 Å². The molecule has 2 atom stereocenters. The molecular weight excluding hydrogens is 600 g/mol. The molecule has 2 N–H and O–H groups in total. The molecule has 10 nitrogen and oxygen atoms in total. The van der Waals surface area contributed by atoms with E-state index in [1.807, 2.05) is 67.6 Å². The number of alkyl carbamates (subject to hydrolysis) is 1. The minimum atomic E-state index is -0.951. The highest BCUT2D eigenvalue weighted by molar-refractivity contribution is 5.86. The molecular formula is C37H52N2O8. The van der Waals surface area contributed by atoms with Gasteiger partial charge < -0.3 is 24.8 Å². The fraction of sp³-hybridized carbons (Fsp3) is 0.541. The summed E-state index contributed by atoms with van der Waals surface area (Å²) in [5.74, 6) is -1.20. The zero-order valence-electron chi connectivity index (χ0n) is 28.4. The zero-order chi connectivity index (χ0) is 34.5. The third-order valence-electron chi connectivity index (χ3n) is 7.36. The van der Waals surface area contributed by atoms with Crippen molar-refractivity contribution in [2.75, 3.05) is 6.54 Å². The second-order valence-electron chi connectivity index (χ2n) is 12.7. The first-order chi connectivity index (χ1) is 22.4. The van der Waals surface area contributed by atoms with E-state index in [2.05, 4.69) is 10.6 Å². The van der Waals surface area contributed by atoms with Crippen molar-refractivity contribution in [2.45, 2.75) is 117 Å². The number of benzene rings is 2. The number of esters is 2. The Bertz CT molecular complexity index is 1240. The Morgan fingerprint density at radius 3 is 1.74 bits per heavy atom. The molecule has 2 aromatic carbocycles. The van der Waals surface area contributed by atoms with Crippen molar-refractivity contribution in [2.24, 2.45) is 5.92 Å². The van der Waals surface area contributed by atoms with Crippen LogP contribution in [0, 0.1) is 5.92 Å². The van der Waals surface area contributed by atoms with E-state index in [-0.39, 0.29) is 50.1 Å². The van der Waals surface area contributed by atoms with Crippen LogP contribution in [0.2, 0.25) is 0 Å². The molecule has 2 amide bonds. The third kappa shape index (κ3) is 18.5. The predicted molar refractivity (Wildman–Crippen MR) is 179 cm³/mol. The standard InChI is InChI=1S/C37H52N2O8/c1-28(21-23-33(41)45-26-29-16-10-8-11-17-29)32(40)20-14-6-5-7-15-25-38-35(43)31(39-36(44)47-37(2,3)4)22-24-34(42)46-27-30-18-12-9-13-19-30/h8-13,16-19,28,31H,5-7,14-15,20-27H2,1-4H3,(H,38,43)(H,39,44)/t28-,31-/m0/s1. The second-order valence-corrected chi connectivity index (χ2v) is 12.7. The molecule has 0 radical (unpaired) electrons. The number of ketones is 1. The summed E-state index contributed by atoms with van der Waals surface area (Å²) in [5, 5.41) is 5.43. The Morgan fingerprint density at radius 2 is 1.19 bits per heavy atom. The first-order valence-corrected chi connectivity index (χ1v) is 16.6. The van der Waals surface area contributed by atoms with Crippen LogP contribution < -0.4 is 10.6 Å². The molecule has 10 heteroatoms. The molecule has 258 valence electrons. The van der Waals surface area contributed by atoms with Gasteiger partial charge in [0, 0.05) is 31.7 Å². The van der Waals surface area contributed by atoms with Gasteiger partial charge in [-0.1, -0.05) is 86.8 Å². The van der Waals surface area contributed by atoms with Crippen LogP contribution in [0.25, 0.3) is 0 Å². The van der Waals surface area contributed by atoms with Crippen LogP contribution >= 0.6 is 0 Å². The average Bonchev–Trinajstić information content (AvgIpc) is 3.04. The topological polar surface area (TPSA) is 137 Å². The number of nitrogens with one attached hydrogen (secondary N) is 2. The zero-order valence-corrected chi connectivity index (χ0v) is 28.4. The fourth-order valence-corrected chi connectivity index (χ4v) is 4.63. The lowest BCUT2D eigenvalue weighted by Crippen LogP contribution is -2.48. The molecule has 0 aromatic heterocycles. The van der Waals surface area contributed by atoms with Crippen LogP contribution in [0.4, 0.5) is 4.79 Å². The normalized spacial score (nSPS) is 12.3. The molecule has 0 bridgehead atoms. The Hall–Kier alpha value is -4.21. The molecule has 0 aliphatic rings. The van der Waals surface area contributed by atoms with Gasteiger partial charge in [0.15, 0.2) is 0 Å². The number of carbonyl (C=O) groups excluding carboxylic acids is 5. The SMILES string of the molecule is C[C@@H](CCC(=O)OCc1ccccc1)C(=O)CCCCCCCNC(=O)[C@H](CCC(=O)OCc1ccccc1)NC(=O)OC(C)(C)C. The second kappa shape index (κ2) is 21.6. The van der Waals surface area contributed by atoms with E-state index in [9.17, 15) is 24.0 Å². The van der Waals surface area contributed by atoms with E-state index in [4.69, 9.17) is 14.2 Å². The highest BCUT2D eigenvalue weighted by atomic mass is 16.6. The molecule has 0 aliphatic carbocycles. The summed E-state index contributed by atoms with van der Waals surface area (Å²) in [4.78, 5) is 62.1. The van der Waals surface area contributed by atoms with Gasteiger partial charge in [-0.15, -0.1) is 0 Å². The van der Waals surface area contributed by atoms with Crippen molar-refractivity contribution in [1.29, 1.82) is 0 Å². The van der Waals surface area contributed by atoms with Gasteiger partial charge in [-0.25, -0.2) is 4.79 Å². The van der Waals surface area contributed by atoms with Gasteiger partial charge in [0.25, 0.3) is 0 Å². The van der Waals surface area contributed by atoms with Crippen molar-refractivity contribution in [3.63, 3.8) is 0 Å². The van der Waals surface area contributed by atoms with Crippen molar-refractivity contribution >= 4 is 29.7 Å². The molecule has 2 rings (SSSR count). The first kappa shape index (κ1) is 39.0. The van der Waals surface area contributed by atoms with Gasteiger partial charge in [0.05, 0.1) is 0 Å². The van der Waals surface area contributed by atoms with Crippen molar-refractivity contribution in [3.8, 4) is 0 Å². The lowest BCUT2D eigenvalue weighted by atomic mass is 9.96. The molecule has 47 heavy (non-hydrogen) atoms. The van der Waals surface area contributed by atoms with Crippen LogP contribution in [0.1, 0.15) is 103 Å². The molecule has 0 saturated heterocycles. The van der Waals surface area contributed by atoms with Crippen LogP contribution in [0.15, 0.2) is 60.7 Å². The summed E-state index contributed by atoms with van der Waals surface area (Å²) < 4.78 is 15.9. The van der Waals surface area contributed by atoms with E-state index in [1.54, 1.807) is 20.8 Å². The summed E-state index contributed by atoms with van der Waals surface area (Å²) >= 11 is 0. The number of carbonyl (C=O) groups is 5. The molecule has 0 unspecified atom stereocenters. The summed E-state index contributed by atoms with van der Waals surface area (Å²) in [6.45, 7) is 7.83. The Kier molecular flexibility index (Phi) is 17.9. The molecule has 0 spiro atoms. The molecule has 0 aliphatic heterocycles. The van der Waals surface area contributed by atoms with Gasteiger partial charge in [-0.2, -0.15) is 0 Å². The van der Waals surface area contributed by atoms with E-state index in [0.29, 0.717) is 19.4 Å². The van der Waals surface area contributed by atoms with E-state index < -0.39 is 29.6 Å². The number of amides is 2. The minimum Gasteiger partial charge on any atom is -0.461 e. The maximum absolute atomic E-state index is 12.9. The predicted octanol–water partition coefficient (Wildman–Crippen LogP) is 6.59. The number of unbranched alkanes of at least 4 members (excludes halogenated alkanes) is 4. The van der Waals surface area contributed by atoms with E-state index >= 15 is 0 Å². The van der Waals surface area contributed by atoms with Crippen molar-refractivity contribution in [1.82, 2.24) is 10.6 Å². The van der Waals surface area contributed by atoms with Crippen LogP contribution in [-0.2, 0) is 46.6 Å².